The molecule has 1 aromatic carbocycles. The van der Waals surface area contributed by atoms with Crippen molar-refractivity contribution < 1.29 is 9.84 Å². The van der Waals surface area contributed by atoms with Crippen LogP contribution in [0.25, 0.3) is 10.9 Å². The van der Waals surface area contributed by atoms with Gasteiger partial charge in [-0.05, 0) is 67.2 Å². The number of benzene rings is 1. The summed E-state index contributed by atoms with van der Waals surface area (Å²) in [5.41, 5.74) is 1.01. The van der Waals surface area contributed by atoms with Gasteiger partial charge >= 0.3 is 0 Å². The van der Waals surface area contributed by atoms with Crippen LogP contribution < -0.4 is 4.74 Å². The molecule has 2 fully saturated rings. The lowest BCUT2D eigenvalue weighted by Gasteiger charge is -2.25. The van der Waals surface area contributed by atoms with Gasteiger partial charge in [0.2, 0.25) is 0 Å². The Bertz CT molecular complexity index is 658. The van der Waals surface area contributed by atoms with Crippen LogP contribution in [-0.2, 0) is 0 Å². The minimum atomic E-state index is -0.120. The molecule has 5 heteroatoms. The Kier molecular flexibility index (Phi) is 3.57. The molecule has 21 heavy (non-hydrogen) atoms. The maximum absolute atomic E-state index is 9.63. The Morgan fingerprint density at radius 1 is 1.14 bits per heavy atom. The van der Waals surface area contributed by atoms with Crippen molar-refractivity contribution in [3.8, 4) is 5.75 Å². The van der Waals surface area contributed by atoms with E-state index < -0.39 is 0 Å². The van der Waals surface area contributed by atoms with Crippen molar-refractivity contribution in [1.82, 2.24) is 9.78 Å². The highest BCUT2D eigenvalue weighted by Gasteiger charge is 2.25. The summed E-state index contributed by atoms with van der Waals surface area (Å²) >= 11 is 2.34. The lowest BCUT2D eigenvalue weighted by molar-refractivity contribution is 0.108. The van der Waals surface area contributed by atoms with Crippen molar-refractivity contribution in [1.29, 1.82) is 0 Å². The van der Waals surface area contributed by atoms with Gasteiger partial charge in [-0.1, -0.05) is 0 Å². The number of ether oxygens (including phenoxy) is 1. The second-order valence-corrected chi connectivity index (χ2v) is 7.39. The molecular formula is C16H19IN2O2. The summed E-state index contributed by atoms with van der Waals surface area (Å²) in [4.78, 5) is 0. The maximum Gasteiger partial charge on any atom is 0.135 e. The molecule has 0 bridgehead atoms. The van der Waals surface area contributed by atoms with Crippen LogP contribution >= 0.6 is 22.6 Å². The molecule has 4 nitrogen and oxygen atoms in total. The Balaban J connectivity index is 1.62. The summed E-state index contributed by atoms with van der Waals surface area (Å²) in [7, 11) is 0. The monoisotopic (exact) mass is 398 g/mol. The van der Waals surface area contributed by atoms with Gasteiger partial charge < -0.3 is 9.84 Å². The lowest BCUT2D eigenvalue weighted by atomic mass is 9.93. The fourth-order valence-electron chi connectivity index (χ4n) is 3.01. The zero-order chi connectivity index (χ0) is 14.4. The molecule has 0 aliphatic heterocycles. The van der Waals surface area contributed by atoms with E-state index in [0.717, 1.165) is 40.5 Å². The first-order chi connectivity index (χ1) is 10.2. The minimum absolute atomic E-state index is 0.120. The molecule has 2 saturated carbocycles. The third-order valence-corrected chi connectivity index (χ3v) is 5.28. The van der Waals surface area contributed by atoms with E-state index in [0.29, 0.717) is 12.1 Å². The minimum Gasteiger partial charge on any atom is -0.489 e. The predicted molar refractivity (Wildman–Crippen MR) is 89.6 cm³/mol. The van der Waals surface area contributed by atoms with Crippen molar-refractivity contribution in [2.24, 2.45) is 0 Å². The molecule has 0 spiro atoms. The Morgan fingerprint density at radius 3 is 2.62 bits per heavy atom. The second-order valence-electron chi connectivity index (χ2n) is 6.23. The predicted octanol–water partition coefficient (Wildman–Crippen LogP) is 3.66. The molecule has 1 aromatic heterocycles. The quantitative estimate of drug-likeness (QED) is 0.803. The van der Waals surface area contributed by atoms with Gasteiger partial charge in [-0.25, -0.2) is 0 Å². The van der Waals surface area contributed by atoms with Crippen molar-refractivity contribution in [3.05, 3.63) is 21.9 Å². The summed E-state index contributed by atoms with van der Waals surface area (Å²) in [5.74, 6) is 0.968. The number of halogens is 1. The lowest BCUT2D eigenvalue weighted by Crippen LogP contribution is -2.21. The molecule has 2 aromatic rings. The van der Waals surface area contributed by atoms with Crippen LogP contribution in [0.3, 0.4) is 0 Å². The highest BCUT2D eigenvalue weighted by atomic mass is 127. The van der Waals surface area contributed by atoms with E-state index in [1.165, 1.54) is 18.2 Å². The van der Waals surface area contributed by atoms with E-state index in [9.17, 15) is 5.11 Å². The Hall–Kier alpha value is -0.820. The molecule has 4 rings (SSSR count). The second kappa shape index (κ2) is 5.43. The molecule has 2 aliphatic carbocycles. The number of hydrogen-bond acceptors (Lipinski definition) is 3. The molecular weight excluding hydrogens is 379 g/mol. The number of nitrogens with zero attached hydrogens (tertiary/aromatic N) is 2. The maximum atomic E-state index is 9.63. The zero-order valence-electron chi connectivity index (χ0n) is 11.8. The normalized spacial score (nSPS) is 26.2. The number of hydrogen-bond donors (Lipinski definition) is 1. The first kappa shape index (κ1) is 13.8. The number of rotatable bonds is 3. The Morgan fingerprint density at radius 2 is 1.90 bits per heavy atom. The first-order valence-corrected chi connectivity index (χ1v) is 8.80. The molecule has 0 radical (unpaired) electrons. The van der Waals surface area contributed by atoms with Gasteiger partial charge in [0.1, 0.15) is 5.75 Å². The largest absolute Gasteiger partial charge is 0.489 e. The van der Waals surface area contributed by atoms with E-state index >= 15 is 0 Å². The molecule has 112 valence electrons. The molecule has 0 amide bonds. The zero-order valence-corrected chi connectivity index (χ0v) is 14.0. The SMILES string of the molecule is O[C@H]1CC[C@@H](n2cc3cc(I)c(OC4CC4)cc3n2)CC1. The molecule has 1 N–H and O–H groups in total. The van der Waals surface area contributed by atoms with Gasteiger partial charge in [-0.15, -0.1) is 0 Å². The summed E-state index contributed by atoms with van der Waals surface area (Å²) in [6.07, 6.45) is 8.57. The van der Waals surface area contributed by atoms with Gasteiger partial charge in [0.25, 0.3) is 0 Å². The number of aromatic nitrogens is 2. The van der Waals surface area contributed by atoms with Gasteiger partial charge in [0, 0.05) is 17.6 Å². The van der Waals surface area contributed by atoms with Crippen molar-refractivity contribution in [3.63, 3.8) is 0 Å². The van der Waals surface area contributed by atoms with Crippen LogP contribution in [0, 0.1) is 3.57 Å². The van der Waals surface area contributed by atoms with Gasteiger partial charge in [0.05, 0.1) is 27.3 Å². The van der Waals surface area contributed by atoms with Crippen molar-refractivity contribution >= 4 is 33.5 Å². The van der Waals surface area contributed by atoms with E-state index in [4.69, 9.17) is 9.84 Å². The number of aliphatic hydroxyl groups excluding tert-OH is 1. The van der Waals surface area contributed by atoms with E-state index in [1.807, 2.05) is 0 Å². The van der Waals surface area contributed by atoms with E-state index in [-0.39, 0.29) is 6.10 Å². The highest BCUT2D eigenvalue weighted by molar-refractivity contribution is 14.1. The average molecular weight is 398 g/mol. The third kappa shape index (κ3) is 2.90. The van der Waals surface area contributed by atoms with E-state index in [1.54, 1.807) is 0 Å². The average Bonchev–Trinajstić information content (AvgIpc) is 3.19. The summed E-state index contributed by atoms with van der Waals surface area (Å²) in [6.45, 7) is 0. The number of aliphatic hydroxyl groups is 1. The fourth-order valence-corrected chi connectivity index (χ4v) is 3.63. The van der Waals surface area contributed by atoms with Crippen LogP contribution in [0.4, 0.5) is 0 Å². The standard InChI is InChI=1S/C16H19IN2O2/c17-14-7-10-9-19(11-1-3-12(20)4-2-11)18-15(10)8-16(14)21-13-5-6-13/h7-9,11-13,20H,1-6H2/t11-,12+. The highest BCUT2D eigenvalue weighted by Crippen LogP contribution is 2.34. The molecule has 1 heterocycles. The van der Waals surface area contributed by atoms with Gasteiger partial charge in [0.15, 0.2) is 0 Å². The summed E-state index contributed by atoms with van der Waals surface area (Å²) in [5, 5.41) is 15.5. The van der Waals surface area contributed by atoms with Gasteiger partial charge in [-0.2, -0.15) is 5.10 Å². The first-order valence-electron chi connectivity index (χ1n) is 7.72. The fraction of sp³-hybridized carbons (Fsp3) is 0.562. The van der Waals surface area contributed by atoms with Crippen LogP contribution in [0.1, 0.15) is 44.6 Å². The van der Waals surface area contributed by atoms with E-state index in [2.05, 4.69) is 45.6 Å². The summed E-state index contributed by atoms with van der Waals surface area (Å²) < 4.78 is 9.19. The van der Waals surface area contributed by atoms with Crippen LogP contribution in [0.15, 0.2) is 18.3 Å². The van der Waals surface area contributed by atoms with Crippen molar-refractivity contribution in [2.45, 2.75) is 56.8 Å². The molecule has 0 atom stereocenters. The molecule has 0 unspecified atom stereocenters. The topological polar surface area (TPSA) is 47.3 Å². The van der Waals surface area contributed by atoms with Crippen LogP contribution in [-0.4, -0.2) is 27.1 Å². The Labute approximate surface area is 137 Å². The van der Waals surface area contributed by atoms with Gasteiger partial charge in [-0.3, -0.25) is 4.68 Å². The molecule has 2 aliphatic rings. The van der Waals surface area contributed by atoms with Crippen LogP contribution in [0.2, 0.25) is 0 Å². The summed E-state index contributed by atoms with van der Waals surface area (Å²) in [6, 6.07) is 4.66. The smallest absolute Gasteiger partial charge is 0.135 e. The third-order valence-electron chi connectivity index (χ3n) is 4.43. The molecule has 0 saturated heterocycles. The van der Waals surface area contributed by atoms with Crippen molar-refractivity contribution in [2.75, 3.05) is 0 Å². The van der Waals surface area contributed by atoms with Crippen LogP contribution in [0.5, 0.6) is 5.75 Å². The number of fused-ring (bicyclic) bond motifs is 1.